The summed E-state index contributed by atoms with van der Waals surface area (Å²) in [4.78, 5) is 25.7. The van der Waals surface area contributed by atoms with Crippen molar-refractivity contribution >= 4 is 17.1 Å². The molecule has 7 heteroatoms. The van der Waals surface area contributed by atoms with Gasteiger partial charge in [-0.3, -0.25) is 4.79 Å². The molecule has 1 aliphatic rings. The summed E-state index contributed by atoms with van der Waals surface area (Å²) in [6.07, 6.45) is 8.79. The second kappa shape index (κ2) is 6.92. The Balaban J connectivity index is 1.27. The van der Waals surface area contributed by atoms with E-state index in [-0.39, 0.29) is 11.9 Å². The highest BCUT2D eigenvalue weighted by atomic mass is 16.1. The van der Waals surface area contributed by atoms with E-state index in [9.17, 15) is 4.79 Å². The molecular formula is C21H20N6O. The SMILES string of the molecule is O=C(NC1Cc2cncn2C1)c1cnc2c(c1)ncn2CCc1ccccc1. The van der Waals surface area contributed by atoms with Gasteiger partial charge in [0.1, 0.15) is 5.52 Å². The highest BCUT2D eigenvalue weighted by molar-refractivity contribution is 5.96. The molecule has 5 rings (SSSR count). The summed E-state index contributed by atoms with van der Waals surface area (Å²) in [7, 11) is 0. The number of rotatable bonds is 5. The van der Waals surface area contributed by atoms with Crippen molar-refractivity contribution in [2.75, 3.05) is 0 Å². The van der Waals surface area contributed by atoms with Crippen LogP contribution in [-0.2, 0) is 25.9 Å². The number of imidazole rings is 2. The van der Waals surface area contributed by atoms with Crippen molar-refractivity contribution in [3.05, 3.63) is 78.3 Å². The molecule has 0 bridgehead atoms. The minimum absolute atomic E-state index is 0.0876. The number of benzene rings is 1. The Kier molecular flexibility index (Phi) is 4.12. The summed E-state index contributed by atoms with van der Waals surface area (Å²) in [5, 5.41) is 3.08. The maximum atomic E-state index is 12.6. The largest absolute Gasteiger partial charge is 0.347 e. The number of carbonyl (C=O) groups is 1. The topological polar surface area (TPSA) is 77.6 Å². The van der Waals surface area contributed by atoms with Gasteiger partial charge in [0.2, 0.25) is 0 Å². The van der Waals surface area contributed by atoms with Crippen molar-refractivity contribution in [2.24, 2.45) is 0 Å². The second-order valence-electron chi connectivity index (χ2n) is 7.15. The van der Waals surface area contributed by atoms with Crippen molar-refractivity contribution in [3.63, 3.8) is 0 Å². The number of amides is 1. The smallest absolute Gasteiger partial charge is 0.253 e. The average molecular weight is 372 g/mol. The molecule has 0 saturated heterocycles. The third kappa shape index (κ3) is 3.15. The average Bonchev–Trinajstić information content (AvgIpc) is 3.41. The number of fused-ring (bicyclic) bond motifs is 2. The Morgan fingerprint density at radius 1 is 1.14 bits per heavy atom. The van der Waals surface area contributed by atoms with Gasteiger partial charge in [-0.25, -0.2) is 15.0 Å². The first-order valence-electron chi connectivity index (χ1n) is 9.41. The monoisotopic (exact) mass is 372 g/mol. The molecule has 4 aromatic rings. The molecule has 1 atom stereocenters. The van der Waals surface area contributed by atoms with Crippen molar-refractivity contribution in [3.8, 4) is 0 Å². The Hall–Kier alpha value is -3.48. The first-order chi connectivity index (χ1) is 13.8. The van der Waals surface area contributed by atoms with Crippen LogP contribution in [0.4, 0.5) is 0 Å². The van der Waals surface area contributed by atoms with Crippen LogP contribution in [0.25, 0.3) is 11.2 Å². The van der Waals surface area contributed by atoms with Crippen LogP contribution >= 0.6 is 0 Å². The summed E-state index contributed by atoms with van der Waals surface area (Å²) in [6.45, 7) is 1.55. The molecule has 140 valence electrons. The fourth-order valence-electron chi connectivity index (χ4n) is 3.73. The number of pyridine rings is 1. The van der Waals surface area contributed by atoms with Crippen molar-refractivity contribution in [1.82, 2.24) is 29.4 Å². The van der Waals surface area contributed by atoms with E-state index in [1.807, 2.05) is 35.0 Å². The lowest BCUT2D eigenvalue weighted by atomic mass is 10.1. The Bertz CT molecular complexity index is 1110. The van der Waals surface area contributed by atoms with Crippen LogP contribution in [0.5, 0.6) is 0 Å². The molecule has 1 aromatic carbocycles. The standard InChI is InChI=1S/C21H20N6O/c28-21(25-17-9-18-11-22-13-27(18)12-17)16-8-19-20(23-10-16)26(14-24-19)7-6-15-4-2-1-3-5-15/h1-5,8,10-11,13-14,17H,6-7,9,12H2,(H,25,28). The third-order valence-corrected chi connectivity index (χ3v) is 5.21. The fourth-order valence-corrected chi connectivity index (χ4v) is 3.73. The van der Waals surface area contributed by atoms with Crippen LogP contribution in [0.2, 0.25) is 0 Å². The lowest BCUT2D eigenvalue weighted by Crippen LogP contribution is -2.36. The second-order valence-corrected chi connectivity index (χ2v) is 7.15. The molecule has 0 radical (unpaired) electrons. The van der Waals surface area contributed by atoms with Crippen molar-refractivity contribution in [2.45, 2.75) is 32.0 Å². The van der Waals surface area contributed by atoms with E-state index in [0.29, 0.717) is 5.56 Å². The lowest BCUT2D eigenvalue weighted by Gasteiger charge is -2.11. The summed E-state index contributed by atoms with van der Waals surface area (Å²) >= 11 is 0. The number of aryl methyl sites for hydroxylation is 2. The number of hydrogen-bond donors (Lipinski definition) is 1. The van der Waals surface area contributed by atoms with Gasteiger partial charge < -0.3 is 14.5 Å². The third-order valence-electron chi connectivity index (χ3n) is 5.21. The van der Waals surface area contributed by atoms with E-state index >= 15 is 0 Å². The molecule has 4 heterocycles. The quantitative estimate of drug-likeness (QED) is 0.583. The van der Waals surface area contributed by atoms with Crippen LogP contribution in [0, 0.1) is 0 Å². The van der Waals surface area contributed by atoms with Gasteiger partial charge in [-0.05, 0) is 18.1 Å². The lowest BCUT2D eigenvalue weighted by molar-refractivity contribution is 0.0936. The number of nitrogens with zero attached hydrogens (tertiary/aromatic N) is 5. The maximum absolute atomic E-state index is 12.6. The zero-order chi connectivity index (χ0) is 18.9. The van der Waals surface area contributed by atoms with Crippen LogP contribution in [-0.4, -0.2) is 36.0 Å². The number of nitrogens with one attached hydrogen (secondary N) is 1. The molecule has 0 saturated carbocycles. The highest BCUT2D eigenvalue weighted by Crippen LogP contribution is 2.16. The molecule has 1 unspecified atom stereocenters. The van der Waals surface area contributed by atoms with E-state index in [1.54, 1.807) is 18.9 Å². The van der Waals surface area contributed by atoms with Crippen molar-refractivity contribution in [1.29, 1.82) is 0 Å². The van der Waals surface area contributed by atoms with E-state index in [4.69, 9.17) is 0 Å². The van der Waals surface area contributed by atoms with Gasteiger partial charge in [0.05, 0.1) is 24.3 Å². The summed E-state index contributed by atoms with van der Waals surface area (Å²) in [5.41, 5.74) is 4.50. The van der Waals surface area contributed by atoms with Gasteiger partial charge in [0, 0.05) is 37.6 Å². The summed E-state index contributed by atoms with van der Waals surface area (Å²) < 4.78 is 4.10. The number of carbonyl (C=O) groups excluding carboxylic acids is 1. The summed E-state index contributed by atoms with van der Waals surface area (Å²) in [6, 6.07) is 12.2. The van der Waals surface area contributed by atoms with Gasteiger partial charge >= 0.3 is 0 Å². The number of aromatic nitrogens is 5. The maximum Gasteiger partial charge on any atom is 0.253 e. The van der Waals surface area contributed by atoms with Gasteiger partial charge in [-0.2, -0.15) is 0 Å². The minimum atomic E-state index is -0.114. The van der Waals surface area contributed by atoms with Crippen LogP contribution in [0.15, 0.2) is 61.4 Å². The zero-order valence-corrected chi connectivity index (χ0v) is 15.3. The minimum Gasteiger partial charge on any atom is -0.347 e. The van der Waals surface area contributed by atoms with Gasteiger partial charge in [0.25, 0.3) is 5.91 Å². The zero-order valence-electron chi connectivity index (χ0n) is 15.3. The molecule has 3 aromatic heterocycles. The van der Waals surface area contributed by atoms with Crippen LogP contribution in [0.3, 0.4) is 0 Å². The molecule has 1 amide bonds. The number of hydrogen-bond acceptors (Lipinski definition) is 4. The first-order valence-corrected chi connectivity index (χ1v) is 9.41. The Morgan fingerprint density at radius 2 is 2.04 bits per heavy atom. The van der Waals surface area contributed by atoms with Gasteiger partial charge in [-0.15, -0.1) is 0 Å². The predicted octanol–water partition coefficient (Wildman–Crippen LogP) is 2.23. The predicted molar refractivity (Wildman–Crippen MR) is 105 cm³/mol. The van der Waals surface area contributed by atoms with Crippen LogP contribution < -0.4 is 5.32 Å². The van der Waals surface area contributed by atoms with Gasteiger partial charge in [-0.1, -0.05) is 30.3 Å². The van der Waals surface area contributed by atoms with Crippen LogP contribution in [0.1, 0.15) is 21.6 Å². The van der Waals surface area contributed by atoms with E-state index in [2.05, 4.69) is 37.0 Å². The molecule has 0 aliphatic carbocycles. The Morgan fingerprint density at radius 3 is 2.89 bits per heavy atom. The molecule has 1 aliphatic heterocycles. The molecule has 28 heavy (non-hydrogen) atoms. The Labute approximate surface area is 162 Å². The highest BCUT2D eigenvalue weighted by Gasteiger charge is 2.23. The molecular weight excluding hydrogens is 352 g/mol. The first kappa shape index (κ1) is 16.7. The molecule has 0 spiro atoms. The molecule has 1 N–H and O–H groups in total. The van der Waals surface area contributed by atoms with Gasteiger partial charge in [0.15, 0.2) is 5.65 Å². The summed E-state index contributed by atoms with van der Waals surface area (Å²) in [5.74, 6) is -0.114. The van der Waals surface area contributed by atoms with E-state index in [1.165, 1.54) is 5.56 Å². The van der Waals surface area contributed by atoms with E-state index in [0.717, 1.165) is 42.8 Å². The molecule has 0 fully saturated rings. The molecule has 7 nitrogen and oxygen atoms in total. The normalized spacial score (nSPS) is 15.6. The van der Waals surface area contributed by atoms with Crippen molar-refractivity contribution < 1.29 is 4.79 Å². The van der Waals surface area contributed by atoms with E-state index < -0.39 is 0 Å². The fraction of sp³-hybridized carbons (Fsp3) is 0.238.